The molecule has 0 unspecified atom stereocenters. The number of nitrogens with zero attached hydrogens (tertiary/aromatic N) is 2. The molecule has 2 rings (SSSR count). The third kappa shape index (κ3) is 3.49. The van der Waals surface area contributed by atoms with Gasteiger partial charge in [-0.15, -0.1) is 0 Å². The summed E-state index contributed by atoms with van der Waals surface area (Å²) in [5.41, 5.74) is 1.93. The van der Waals surface area contributed by atoms with Gasteiger partial charge in [0, 0.05) is 11.1 Å². The number of rotatable bonds is 5. The largest absolute Gasteiger partial charge is 0.465 e. The summed E-state index contributed by atoms with van der Waals surface area (Å²) in [5.74, 6) is -4.83. The van der Waals surface area contributed by atoms with Gasteiger partial charge in [0.05, 0.1) is 11.5 Å². The molecule has 24 heavy (non-hydrogen) atoms. The topological polar surface area (TPSA) is 140 Å². The number of hydrogen-bond acceptors (Lipinski definition) is 8. The van der Waals surface area contributed by atoms with Crippen LogP contribution in [0.3, 0.4) is 0 Å². The Bertz CT molecular complexity index is 763. The SMILES string of the molecule is CCOC(=O)[C@@H]1C(=O)C(=O)N/C1=N/Nc1cc(Cl)ccc1[N+](=O)[O-]. The molecule has 0 aromatic heterocycles. The molecular formula is C13H11ClN4O6. The molecule has 1 fully saturated rings. The number of halogens is 1. The highest BCUT2D eigenvalue weighted by Gasteiger charge is 2.44. The molecule has 2 N–H and O–H groups in total. The standard InChI is InChI=1S/C13H11ClN4O6/c1-2-24-13(21)9-10(19)12(20)15-11(9)17-16-7-5-6(14)3-4-8(7)18(22)23/h3-5,9,16H,2H2,1H3,(H,15,17,20)/t9-/m1/s1. The normalized spacial score (nSPS) is 18.4. The molecule has 1 atom stereocenters. The average molecular weight is 355 g/mol. The highest BCUT2D eigenvalue weighted by atomic mass is 35.5. The van der Waals surface area contributed by atoms with Crippen LogP contribution in [0.4, 0.5) is 11.4 Å². The third-order valence-electron chi connectivity index (χ3n) is 2.98. The van der Waals surface area contributed by atoms with E-state index >= 15 is 0 Å². The quantitative estimate of drug-likeness (QED) is 0.262. The Hall–Kier alpha value is -3.01. The van der Waals surface area contributed by atoms with Crippen LogP contribution in [0.2, 0.25) is 5.02 Å². The number of nitro benzene ring substituents is 1. The maximum Gasteiger partial charge on any atom is 0.324 e. The molecule has 1 aliphatic heterocycles. The number of amides is 1. The van der Waals surface area contributed by atoms with E-state index in [2.05, 4.69) is 15.8 Å². The summed E-state index contributed by atoms with van der Waals surface area (Å²) in [6, 6.07) is 3.72. The van der Waals surface area contributed by atoms with E-state index in [0.717, 1.165) is 6.07 Å². The second kappa shape index (κ2) is 7.04. The van der Waals surface area contributed by atoms with Gasteiger partial charge in [-0.2, -0.15) is 5.10 Å². The Morgan fingerprint density at radius 1 is 1.50 bits per heavy atom. The highest BCUT2D eigenvalue weighted by Crippen LogP contribution is 2.27. The maximum absolute atomic E-state index is 11.8. The number of esters is 1. The van der Waals surface area contributed by atoms with E-state index in [4.69, 9.17) is 16.3 Å². The monoisotopic (exact) mass is 354 g/mol. The van der Waals surface area contributed by atoms with Crippen LogP contribution in [0.25, 0.3) is 0 Å². The van der Waals surface area contributed by atoms with Gasteiger partial charge in [-0.05, 0) is 19.1 Å². The number of hydrazone groups is 1. The van der Waals surface area contributed by atoms with Crippen molar-refractivity contribution in [1.29, 1.82) is 0 Å². The first-order valence-electron chi connectivity index (χ1n) is 6.64. The van der Waals surface area contributed by atoms with E-state index in [0.29, 0.717) is 0 Å². The van der Waals surface area contributed by atoms with Gasteiger partial charge in [0.2, 0.25) is 5.78 Å². The van der Waals surface area contributed by atoms with Gasteiger partial charge >= 0.3 is 5.97 Å². The van der Waals surface area contributed by atoms with Crippen LogP contribution in [0.15, 0.2) is 23.3 Å². The molecule has 0 spiro atoms. The number of amidine groups is 1. The minimum Gasteiger partial charge on any atom is -0.465 e. The predicted molar refractivity (Wildman–Crippen MR) is 82.4 cm³/mol. The van der Waals surface area contributed by atoms with Gasteiger partial charge < -0.3 is 10.1 Å². The fourth-order valence-corrected chi connectivity index (χ4v) is 2.09. The molecule has 1 heterocycles. The molecule has 0 saturated carbocycles. The van der Waals surface area contributed by atoms with E-state index in [9.17, 15) is 24.5 Å². The highest BCUT2D eigenvalue weighted by molar-refractivity contribution is 6.53. The number of ether oxygens (including phenoxy) is 1. The Morgan fingerprint density at radius 2 is 2.21 bits per heavy atom. The summed E-state index contributed by atoms with van der Waals surface area (Å²) < 4.78 is 4.72. The molecule has 126 valence electrons. The number of ketones is 1. The number of hydrogen-bond donors (Lipinski definition) is 2. The van der Waals surface area contributed by atoms with Crippen LogP contribution in [0, 0.1) is 16.0 Å². The van der Waals surface area contributed by atoms with Gasteiger partial charge in [0.1, 0.15) is 5.69 Å². The van der Waals surface area contributed by atoms with Crippen molar-refractivity contribution in [2.24, 2.45) is 11.0 Å². The summed E-state index contributed by atoms with van der Waals surface area (Å²) in [6.45, 7) is 1.55. The summed E-state index contributed by atoms with van der Waals surface area (Å²) >= 11 is 5.77. The molecule has 1 aromatic carbocycles. The number of nitro groups is 1. The van der Waals surface area contributed by atoms with Crippen LogP contribution in [-0.4, -0.2) is 35.0 Å². The first-order valence-corrected chi connectivity index (χ1v) is 7.02. The lowest BCUT2D eigenvalue weighted by Crippen LogP contribution is -2.30. The zero-order chi connectivity index (χ0) is 17.9. The van der Waals surface area contributed by atoms with E-state index < -0.39 is 28.5 Å². The van der Waals surface area contributed by atoms with Crippen molar-refractivity contribution in [3.8, 4) is 0 Å². The molecule has 1 amide bonds. The molecular weight excluding hydrogens is 344 g/mol. The minimum absolute atomic E-state index is 0.0112. The number of Topliss-reactive ketones (excluding diaryl/α,β-unsaturated/α-hetero) is 1. The van der Waals surface area contributed by atoms with E-state index in [1.54, 1.807) is 0 Å². The number of benzene rings is 1. The average Bonchev–Trinajstić information content (AvgIpc) is 2.80. The fraction of sp³-hybridized carbons (Fsp3) is 0.231. The molecule has 11 heteroatoms. The molecule has 1 aliphatic rings. The van der Waals surface area contributed by atoms with E-state index in [1.165, 1.54) is 19.1 Å². The predicted octanol–water partition coefficient (Wildman–Crippen LogP) is 0.852. The summed E-state index contributed by atoms with van der Waals surface area (Å²) in [7, 11) is 0. The smallest absolute Gasteiger partial charge is 0.324 e. The van der Waals surface area contributed by atoms with Crippen molar-refractivity contribution in [1.82, 2.24) is 5.32 Å². The van der Waals surface area contributed by atoms with Crippen LogP contribution >= 0.6 is 11.6 Å². The fourth-order valence-electron chi connectivity index (χ4n) is 1.92. The van der Waals surface area contributed by atoms with Gasteiger partial charge in [0.15, 0.2) is 11.8 Å². The zero-order valence-electron chi connectivity index (χ0n) is 12.2. The Balaban J connectivity index is 2.32. The lowest BCUT2D eigenvalue weighted by atomic mass is 10.1. The van der Waals surface area contributed by atoms with Crippen molar-refractivity contribution >= 4 is 46.5 Å². The first-order chi connectivity index (χ1) is 11.3. The number of carbonyl (C=O) groups is 3. The van der Waals surface area contributed by atoms with Gasteiger partial charge in [-0.25, -0.2) is 0 Å². The molecule has 0 bridgehead atoms. The van der Waals surface area contributed by atoms with Crippen LogP contribution in [0.5, 0.6) is 0 Å². The molecule has 0 radical (unpaired) electrons. The van der Waals surface area contributed by atoms with Crippen LogP contribution in [-0.2, 0) is 19.1 Å². The third-order valence-corrected chi connectivity index (χ3v) is 3.21. The van der Waals surface area contributed by atoms with Crippen molar-refractivity contribution < 1.29 is 24.0 Å². The zero-order valence-corrected chi connectivity index (χ0v) is 13.0. The first kappa shape index (κ1) is 17.3. The Morgan fingerprint density at radius 3 is 2.83 bits per heavy atom. The van der Waals surface area contributed by atoms with Crippen molar-refractivity contribution in [3.63, 3.8) is 0 Å². The number of nitrogens with one attached hydrogen (secondary N) is 2. The van der Waals surface area contributed by atoms with Gasteiger partial charge in [-0.1, -0.05) is 11.6 Å². The Kier molecular flexibility index (Phi) is 5.09. The second-order valence-electron chi connectivity index (χ2n) is 4.53. The summed E-state index contributed by atoms with van der Waals surface area (Å²) in [6.07, 6.45) is 0. The number of carbonyl (C=O) groups excluding carboxylic acids is 3. The lowest BCUT2D eigenvalue weighted by molar-refractivity contribution is -0.384. The van der Waals surface area contributed by atoms with Crippen molar-refractivity contribution in [3.05, 3.63) is 33.3 Å². The van der Waals surface area contributed by atoms with Gasteiger partial charge in [0.25, 0.3) is 11.6 Å². The van der Waals surface area contributed by atoms with Crippen LogP contribution < -0.4 is 10.7 Å². The van der Waals surface area contributed by atoms with Crippen LogP contribution in [0.1, 0.15) is 6.92 Å². The van der Waals surface area contributed by atoms with E-state index in [1.807, 2.05) is 0 Å². The number of anilines is 1. The lowest BCUT2D eigenvalue weighted by Gasteiger charge is -2.08. The molecule has 1 aromatic rings. The van der Waals surface area contributed by atoms with Crippen molar-refractivity contribution in [2.75, 3.05) is 12.0 Å². The summed E-state index contributed by atoms with van der Waals surface area (Å²) in [4.78, 5) is 45.2. The molecule has 10 nitrogen and oxygen atoms in total. The molecule has 0 aliphatic carbocycles. The van der Waals surface area contributed by atoms with E-state index in [-0.39, 0.29) is 28.8 Å². The summed E-state index contributed by atoms with van der Waals surface area (Å²) in [5, 5.41) is 17.0. The molecule has 1 saturated heterocycles. The Labute approximate surface area is 139 Å². The van der Waals surface area contributed by atoms with Crippen molar-refractivity contribution in [2.45, 2.75) is 6.92 Å². The maximum atomic E-state index is 11.8. The van der Waals surface area contributed by atoms with Gasteiger partial charge in [-0.3, -0.25) is 29.9 Å². The second-order valence-corrected chi connectivity index (χ2v) is 4.97. The minimum atomic E-state index is -1.54.